The maximum absolute atomic E-state index is 12.6. The highest BCUT2D eigenvalue weighted by Crippen LogP contribution is 2.28. The van der Waals surface area contributed by atoms with Gasteiger partial charge in [0.05, 0.1) is 0 Å². The summed E-state index contributed by atoms with van der Waals surface area (Å²) in [6.45, 7) is 0.576. The van der Waals surface area contributed by atoms with E-state index in [4.69, 9.17) is 11.6 Å². The molecule has 1 N–H and O–H groups in total. The predicted octanol–water partition coefficient (Wildman–Crippen LogP) is 3.61. The van der Waals surface area contributed by atoms with Gasteiger partial charge in [-0.2, -0.15) is 0 Å². The molecule has 6 nitrogen and oxygen atoms in total. The molecule has 0 amide bonds. The Morgan fingerprint density at radius 2 is 1.79 bits per heavy atom. The fraction of sp³-hybridized carbons (Fsp3) is 0.190. The van der Waals surface area contributed by atoms with Crippen molar-refractivity contribution in [1.29, 1.82) is 0 Å². The number of rotatable bonds is 6. The molecule has 0 aliphatic rings. The zero-order chi connectivity index (χ0) is 20.4. The largest absolute Gasteiger partial charge is 0.329 e. The van der Waals surface area contributed by atoms with Crippen molar-refractivity contribution < 1.29 is 0 Å². The summed E-state index contributed by atoms with van der Waals surface area (Å²) in [7, 11) is 1.61. The second kappa shape index (κ2) is 8.31. The van der Waals surface area contributed by atoms with Gasteiger partial charge in [0, 0.05) is 24.4 Å². The van der Waals surface area contributed by atoms with Crippen LogP contribution >= 0.6 is 23.4 Å². The maximum Gasteiger partial charge on any atom is 0.329 e. The number of halogens is 1. The van der Waals surface area contributed by atoms with Gasteiger partial charge in [-0.3, -0.25) is 14.3 Å². The van der Waals surface area contributed by atoms with Gasteiger partial charge in [-0.1, -0.05) is 71.9 Å². The first-order chi connectivity index (χ1) is 14.0. The van der Waals surface area contributed by atoms with Gasteiger partial charge in [-0.15, -0.1) is 0 Å². The van der Waals surface area contributed by atoms with Crippen LogP contribution in [0.5, 0.6) is 0 Å². The van der Waals surface area contributed by atoms with Crippen LogP contribution in [-0.2, 0) is 25.8 Å². The zero-order valence-electron chi connectivity index (χ0n) is 15.8. The van der Waals surface area contributed by atoms with E-state index in [1.807, 2.05) is 47.0 Å². The summed E-state index contributed by atoms with van der Waals surface area (Å²) in [5.74, 6) is 0.611. The van der Waals surface area contributed by atoms with Crippen molar-refractivity contribution in [1.82, 2.24) is 19.1 Å². The summed E-state index contributed by atoms with van der Waals surface area (Å²) in [5.41, 5.74) is 2.05. The van der Waals surface area contributed by atoms with Crippen LogP contribution in [0.2, 0.25) is 5.02 Å². The average Bonchev–Trinajstić information content (AvgIpc) is 3.10. The summed E-state index contributed by atoms with van der Waals surface area (Å²) >= 11 is 7.78. The fourth-order valence-corrected chi connectivity index (χ4v) is 4.48. The van der Waals surface area contributed by atoms with Crippen LogP contribution in [-0.4, -0.2) is 19.1 Å². The Balaban J connectivity index is 1.74. The summed E-state index contributed by atoms with van der Waals surface area (Å²) < 4.78 is 3.26. The summed E-state index contributed by atoms with van der Waals surface area (Å²) in [5, 5.41) is 1.37. The number of hydrogen-bond acceptors (Lipinski definition) is 4. The topological polar surface area (TPSA) is 72.7 Å². The second-order valence-corrected chi connectivity index (χ2v) is 8.00. The van der Waals surface area contributed by atoms with Crippen molar-refractivity contribution in [2.45, 2.75) is 23.9 Å². The third-order valence-corrected chi connectivity index (χ3v) is 6.15. The molecular weight excluding hydrogens is 408 g/mol. The molecule has 4 rings (SSSR count). The van der Waals surface area contributed by atoms with Gasteiger partial charge in [0.2, 0.25) is 0 Å². The number of benzene rings is 2. The molecule has 0 spiro atoms. The summed E-state index contributed by atoms with van der Waals surface area (Å²) in [4.78, 5) is 31.6. The highest BCUT2D eigenvalue weighted by atomic mass is 35.5. The van der Waals surface area contributed by atoms with E-state index < -0.39 is 11.2 Å². The van der Waals surface area contributed by atoms with Gasteiger partial charge in [-0.05, 0) is 23.6 Å². The van der Waals surface area contributed by atoms with Crippen molar-refractivity contribution in [3.05, 3.63) is 91.6 Å². The third-order valence-electron chi connectivity index (χ3n) is 4.75. The molecule has 2 aromatic carbocycles. The lowest BCUT2D eigenvalue weighted by Crippen LogP contribution is -2.29. The number of H-pyrrole nitrogens is 1. The number of thioether (sulfide) groups is 1. The molecule has 0 radical (unpaired) electrons. The minimum atomic E-state index is -0.474. The first-order valence-corrected chi connectivity index (χ1v) is 10.5. The first-order valence-electron chi connectivity index (χ1n) is 9.14. The van der Waals surface area contributed by atoms with Crippen molar-refractivity contribution in [2.24, 2.45) is 7.05 Å². The number of nitrogens with one attached hydrogen (secondary N) is 1. The Labute approximate surface area is 176 Å². The summed E-state index contributed by atoms with van der Waals surface area (Å²) in [6.07, 6.45) is 0.744. The fourth-order valence-electron chi connectivity index (χ4n) is 3.18. The predicted molar refractivity (Wildman–Crippen MR) is 117 cm³/mol. The van der Waals surface area contributed by atoms with Crippen molar-refractivity contribution in [2.75, 3.05) is 0 Å². The third kappa shape index (κ3) is 4.02. The highest BCUT2D eigenvalue weighted by Gasteiger charge is 2.18. The van der Waals surface area contributed by atoms with Crippen LogP contribution in [0.15, 0.2) is 69.3 Å². The van der Waals surface area contributed by atoms with E-state index in [1.54, 1.807) is 7.05 Å². The zero-order valence-corrected chi connectivity index (χ0v) is 17.3. The molecule has 0 bridgehead atoms. The summed E-state index contributed by atoms with van der Waals surface area (Å²) in [6, 6.07) is 17.7. The van der Waals surface area contributed by atoms with Gasteiger partial charge in [-0.25, -0.2) is 9.78 Å². The van der Waals surface area contributed by atoms with E-state index in [1.165, 1.54) is 16.3 Å². The molecule has 0 saturated heterocycles. The molecule has 0 saturated carbocycles. The molecule has 0 fully saturated rings. The van der Waals surface area contributed by atoms with Gasteiger partial charge in [0.15, 0.2) is 16.3 Å². The molecule has 0 aliphatic heterocycles. The molecule has 8 heteroatoms. The lowest BCUT2D eigenvalue weighted by Gasteiger charge is -2.09. The van der Waals surface area contributed by atoms with Crippen molar-refractivity contribution in [3.63, 3.8) is 0 Å². The Kier molecular flexibility index (Phi) is 5.60. The molecule has 0 aliphatic carbocycles. The van der Waals surface area contributed by atoms with Crippen LogP contribution in [0.1, 0.15) is 11.1 Å². The Morgan fingerprint density at radius 1 is 1.07 bits per heavy atom. The molecule has 0 atom stereocenters. The number of imidazole rings is 1. The molecule has 29 heavy (non-hydrogen) atoms. The number of nitrogens with zero attached hydrogens (tertiary/aromatic N) is 3. The number of aromatic amines is 1. The molecule has 2 heterocycles. The van der Waals surface area contributed by atoms with Crippen molar-refractivity contribution in [3.8, 4) is 0 Å². The van der Waals surface area contributed by atoms with Crippen LogP contribution < -0.4 is 11.2 Å². The van der Waals surface area contributed by atoms with E-state index in [9.17, 15) is 9.59 Å². The van der Waals surface area contributed by atoms with Crippen molar-refractivity contribution >= 4 is 34.5 Å². The van der Waals surface area contributed by atoms with E-state index >= 15 is 0 Å². The monoisotopic (exact) mass is 426 g/mol. The first kappa shape index (κ1) is 19.5. The molecule has 2 aromatic heterocycles. The normalized spacial score (nSPS) is 11.2. The van der Waals surface area contributed by atoms with E-state index in [0.717, 1.165) is 17.5 Å². The second-order valence-electron chi connectivity index (χ2n) is 6.65. The molecule has 148 valence electrons. The Morgan fingerprint density at radius 3 is 2.55 bits per heavy atom. The van der Waals surface area contributed by atoms with Gasteiger partial charge in [0.25, 0.3) is 5.56 Å². The smallest absolute Gasteiger partial charge is 0.313 e. The Bertz CT molecular complexity index is 1280. The number of aromatic nitrogens is 4. The van der Waals surface area contributed by atoms with Crippen LogP contribution in [0.3, 0.4) is 0 Å². The molecular formula is C21H19ClN4O2S. The maximum atomic E-state index is 12.6. The minimum Gasteiger partial charge on any atom is -0.313 e. The van der Waals surface area contributed by atoms with Gasteiger partial charge < -0.3 is 4.57 Å². The number of hydrogen-bond donors (Lipinski definition) is 1. The van der Waals surface area contributed by atoms with E-state index in [0.29, 0.717) is 33.6 Å². The quantitative estimate of drug-likeness (QED) is 0.478. The van der Waals surface area contributed by atoms with Crippen LogP contribution in [0, 0.1) is 0 Å². The minimum absolute atomic E-state index is 0.383. The van der Waals surface area contributed by atoms with E-state index in [-0.39, 0.29) is 0 Å². The van der Waals surface area contributed by atoms with Gasteiger partial charge in [0.1, 0.15) is 0 Å². The number of fused-ring (bicyclic) bond motifs is 1. The van der Waals surface area contributed by atoms with E-state index in [2.05, 4.69) is 22.1 Å². The Hall–Kier alpha value is -2.77. The lowest BCUT2D eigenvalue weighted by molar-refractivity contribution is 0.650. The SMILES string of the molecule is Cn1c(=O)[nH]c(=O)c2c1nc(SCc1ccccc1Cl)n2CCc1ccccc1. The van der Waals surface area contributed by atoms with Crippen LogP contribution in [0.25, 0.3) is 11.2 Å². The lowest BCUT2D eigenvalue weighted by atomic mass is 10.1. The standard InChI is InChI=1S/C21H19ClN4O2S/c1-25-18-17(19(27)24-20(25)28)26(12-11-14-7-3-2-4-8-14)21(23-18)29-13-15-9-5-6-10-16(15)22/h2-10H,11-13H2,1H3,(H,24,27,28). The van der Waals surface area contributed by atoms with Gasteiger partial charge >= 0.3 is 5.69 Å². The van der Waals surface area contributed by atoms with Crippen LogP contribution in [0.4, 0.5) is 0 Å². The molecule has 4 aromatic rings. The average molecular weight is 427 g/mol. The molecule has 0 unspecified atom stereocenters. The highest BCUT2D eigenvalue weighted by molar-refractivity contribution is 7.98. The number of aryl methyl sites for hydroxylation is 3.